The maximum atomic E-state index is 13.8. The normalized spacial score (nSPS) is 20.9. The Morgan fingerprint density at radius 3 is 2.34 bits per heavy atom. The van der Waals surface area contributed by atoms with Crippen LogP contribution in [0.2, 0.25) is 0 Å². The Morgan fingerprint density at radius 2 is 1.71 bits per heavy atom. The van der Waals surface area contributed by atoms with Crippen LogP contribution in [-0.2, 0) is 16.0 Å². The molecular weight excluding hydrogens is 434 g/mol. The second kappa shape index (κ2) is 10.3. The van der Waals surface area contributed by atoms with E-state index in [1.807, 2.05) is 23.1 Å². The van der Waals surface area contributed by atoms with Crippen molar-refractivity contribution in [1.29, 1.82) is 0 Å². The Kier molecular flexibility index (Phi) is 6.98. The van der Waals surface area contributed by atoms with E-state index in [0.29, 0.717) is 19.8 Å². The van der Waals surface area contributed by atoms with Crippen LogP contribution in [0.1, 0.15) is 49.8 Å². The minimum Gasteiger partial charge on any atom is -0.381 e. The molecule has 2 unspecified atom stereocenters. The Labute approximate surface area is 208 Å². The van der Waals surface area contributed by atoms with Crippen molar-refractivity contribution < 1.29 is 9.53 Å². The van der Waals surface area contributed by atoms with Crippen molar-refractivity contribution in [3.8, 4) is 11.1 Å². The van der Waals surface area contributed by atoms with E-state index in [-0.39, 0.29) is 17.7 Å². The maximum Gasteiger partial charge on any atom is 0.230 e. The molecule has 0 radical (unpaired) electrons. The topological polar surface area (TPSA) is 68.4 Å². The number of rotatable bonds is 8. The zero-order valence-electron chi connectivity index (χ0n) is 20.5. The fourth-order valence-corrected chi connectivity index (χ4v) is 5.12. The zero-order chi connectivity index (χ0) is 24.3. The van der Waals surface area contributed by atoms with E-state index in [1.165, 1.54) is 11.1 Å². The molecule has 5 nitrogen and oxygen atoms in total. The monoisotopic (exact) mass is 469 g/mol. The SMILES string of the molecule is CCCc1ccc(-c2ccc(N(CC3(N)CCOCC3)C(=O)C3CC3c3ccccn3)cc2)cc1. The van der Waals surface area contributed by atoms with Gasteiger partial charge in [0.25, 0.3) is 0 Å². The van der Waals surface area contributed by atoms with Gasteiger partial charge in [-0.25, -0.2) is 0 Å². The van der Waals surface area contributed by atoms with Crippen LogP contribution >= 0.6 is 0 Å². The third kappa shape index (κ3) is 5.47. The molecule has 182 valence electrons. The second-order valence-electron chi connectivity index (χ2n) is 10.1. The standard InChI is InChI=1S/C30H35N3O2/c1-2-5-22-7-9-23(10-8-22)24-11-13-25(14-12-24)33(21-30(31)15-18-35-19-16-30)29(34)27-20-26(27)28-6-3-4-17-32-28/h3-4,6-14,17,26-27H,2,5,15-16,18-21,31H2,1H3. The van der Waals surface area contributed by atoms with Crippen LogP contribution in [0, 0.1) is 5.92 Å². The predicted molar refractivity (Wildman–Crippen MR) is 140 cm³/mol. The first-order valence-corrected chi connectivity index (χ1v) is 12.8. The summed E-state index contributed by atoms with van der Waals surface area (Å²) in [6.07, 6.45) is 6.41. The smallest absolute Gasteiger partial charge is 0.230 e. The summed E-state index contributed by atoms with van der Waals surface area (Å²) >= 11 is 0. The van der Waals surface area contributed by atoms with E-state index in [1.54, 1.807) is 6.20 Å². The Morgan fingerprint density at radius 1 is 1.03 bits per heavy atom. The summed E-state index contributed by atoms with van der Waals surface area (Å²) in [4.78, 5) is 20.2. The van der Waals surface area contributed by atoms with Crippen LogP contribution in [0.4, 0.5) is 5.69 Å². The predicted octanol–water partition coefficient (Wildman–Crippen LogP) is 5.35. The number of aryl methyl sites for hydroxylation is 1. The number of pyridine rings is 1. The molecule has 1 aliphatic heterocycles. The number of ether oxygens (including phenoxy) is 1. The van der Waals surface area contributed by atoms with E-state index in [4.69, 9.17) is 10.5 Å². The molecule has 2 heterocycles. The van der Waals surface area contributed by atoms with Crippen molar-refractivity contribution in [2.45, 2.75) is 50.5 Å². The van der Waals surface area contributed by atoms with Crippen LogP contribution in [0.5, 0.6) is 0 Å². The fraction of sp³-hybridized carbons (Fsp3) is 0.400. The lowest BCUT2D eigenvalue weighted by Gasteiger charge is -2.38. The third-order valence-electron chi connectivity index (χ3n) is 7.41. The lowest BCUT2D eigenvalue weighted by atomic mass is 9.90. The van der Waals surface area contributed by atoms with Gasteiger partial charge in [0, 0.05) is 54.7 Å². The molecule has 2 atom stereocenters. The highest BCUT2D eigenvalue weighted by Crippen LogP contribution is 2.48. The Balaban J connectivity index is 1.37. The Bertz CT molecular complexity index is 1120. The van der Waals surface area contributed by atoms with Crippen molar-refractivity contribution in [1.82, 2.24) is 4.98 Å². The van der Waals surface area contributed by atoms with Crippen molar-refractivity contribution in [3.63, 3.8) is 0 Å². The van der Waals surface area contributed by atoms with Crippen LogP contribution in [0.25, 0.3) is 11.1 Å². The number of benzene rings is 2. The van der Waals surface area contributed by atoms with Crippen LogP contribution in [-0.4, -0.2) is 36.2 Å². The van der Waals surface area contributed by atoms with Crippen LogP contribution < -0.4 is 10.6 Å². The number of nitrogens with zero attached hydrogens (tertiary/aromatic N) is 2. The summed E-state index contributed by atoms with van der Waals surface area (Å²) in [5.41, 5.74) is 11.9. The maximum absolute atomic E-state index is 13.8. The van der Waals surface area contributed by atoms with E-state index >= 15 is 0 Å². The van der Waals surface area contributed by atoms with Crippen LogP contribution in [0.3, 0.4) is 0 Å². The molecule has 35 heavy (non-hydrogen) atoms. The molecule has 2 aromatic carbocycles. The summed E-state index contributed by atoms with van der Waals surface area (Å²) in [5.74, 6) is 0.295. The molecule has 2 fully saturated rings. The van der Waals surface area contributed by atoms with Crippen LogP contribution in [0.15, 0.2) is 72.9 Å². The largest absolute Gasteiger partial charge is 0.381 e. The van der Waals surface area contributed by atoms with Gasteiger partial charge in [-0.05, 0) is 66.6 Å². The number of aromatic nitrogens is 1. The quantitative estimate of drug-likeness (QED) is 0.483. The molecule has 3 aromatic rings. The minimum absolute atomic E-state index is 0.0425. The Hall–Kier alpha value is -3.02. The summed E-state index contributed by atoms with van der Waals surface area (Å²) < 4.78 is 5.54. The van der Waals surface area contributed by atoms with Gasteiger partial charge in [0.1, 0.15) is 0 Å². The van der Waals surface area contributed by atoms with Gasteiger partial charge in [-0.15, -0.1) is 0 Å². The molecule has 1 amide bonds. The van der Waals surface area contributed by atoms with E-state index in [2.05, 4.69) is 60.4 Å². The van der Waals surface area contributed by atoms with Gasteiger partial charge in [-0.1, -0.05) is 55.8 Å². The molecule has 2 aliphatic rings. The van der Waals surface area contributed by atoms with Gasteiger partial charge >= 0.3 is 0 Å². The average Bonchev–Trinajstić information content (AvgIpc) is 3.70. The molecule has 1 aromatic heterocycles. The van der Waals surface area contributed by atoms with E-state index < -0.39 is 5.54 Å². The fourth-order valence-electron chi connectivity index (χ4n) is 5.12. The third-order valence-corrected chi connectivity index (χ3v) is 7.41. The summed E-state index contributed by atoms with van der Waals surface area (Å²) in [7, 11) is 0. The number of amides is 1. The molecule has 0 bridgehead atoms. The molecule has 1 saturated heterocycles. The number of carbonyl (C=O) groups excluding carboxylic acids is 1. The van der Waals surface area contributed by atoms with Crippen molar-refractivity contribution in [2.75, 3.05) is 24.7 Å². The average molecular weight is 470 g/mol. The first-order chi connectivity index (χ1) is 17.1. The molecule has 5 heteroatoms. The number of hydrogen-bond donors (Lipinski definition) is 1. The van der Waals surface area contributed by atoms with Gasteiger partial charge in [0.2, 0.25) is 5.91 Å². The second-order valence-corrected chi connectivity index (χ2v) is 10.1. The highest BCUT2D eigenvalue weighted by molar-refractivity contribution is 5.98. The molecule has 2 N–H and O–H groups in total. The highest BCUT2D eigenvalue weighted by atomic mass is 16.5. The van der Waals surface area contributed by atoms with Gasteiger partial charge in [-0.2, -0.15) is 0 Å². The van der Waals surface area contributed by atoms with Crippen molar-refractivity contribution >= 4 is 11.6 Å². The molecule has 1 aliphatic carbocycles. The number of carbonyl (C=O) groups is 1. The number of anilines is 1. The van der Waals surface area contributed by atoms with Gasteiger partial charge < -0.3 is 15.4 Å². The number of nitrogens with two attached hydrogens (primary N) is 1. The highest BCUT2D eigenvalue weighted by Gasteiger charge is 2.48. The zero-order valence-corrected chi connectivity index (χ0v) is 20.5. The first-order valence-electron chi connectivity index (χ1n) is 12.8. The van der Waals surface area contributed by atoms with Crippen molar-refractivity contribution in [2.24, 2.45) is 11.7 Å². The van der Waals surface area contributed by atoms with E-state index in [0.717, 1.165) is 49.0 Å². The lowest BCUT2D eigenvalue weighted by molar-refractivity contribution is -0.120. The molecule has 1 saturated carbocycles. The minimum atomic E-state index is -0.433. The summed E-state index contributed by atoms with van der Waals surface area (Å²) in [5, 5.41) is 0. The van der Waals surface area contributed by atoms with Crippen molar-refractivity contribution in [3.05, 3.63) is 84.2 Å². The molecule has 0 spiro atoms. The first kappa shape index (κ1) is 23.7. The lowest BCUT2D eigenvalue weighted by Crippen LogP contribution is -2.55. The van der Waals surface area contributed by atoms with Gasteiger partial charge in [-0.3, -0.25) is 9.78 Å². The van der Waals surface area contributed by atoms with E-state index in [9.17, 15) is 4.79 Å². The van der Waals surface area contributed by atoms with Gasteiger partial charge in [0.05, 0.1) is 0 Å². The summed E-state index contributed by atoms with van der Waals surface area (Å²) in [6.45, 7) is 3.99. The van der Waals surface area contributed by atoms with Gasteiger partial charge in [0.15, 0.2) is 0 Å². The summed E-state index contributed by atoms with van der Waals surface area (Å²) in [6, 6.07) is 23.0. The molecular formula is C30H35N3O2. The molecule has 5 rings (SSSR count). The number of hydrogen-bond acceptors (Lipinski definition) is 4.